The zero-order valence-corrected chi connectivity index (χ0v) is 12.0. The predicted molar refractivity (Wildman–Crippen MR) is 77.0 cm³/mol. The Bertz CT molecular complexity index is 369. The fourth-order valence-electron chi connectivity index (χ4n) is 2.55. The SMILES string of the molecule is COC1CCN(C(CN)c2ccc(SC)cc2)C1. The van der Waals surface area contributed by atoms with Crippen LogP contribution in [0.15, 0.2) is 29.2 Å². The summed E-state index contributed by atoms with van der Waals surface area (Å²) in [6.45, 7) is 2.72. The summed E-state index contributed by atoms with van der Waals surface area (Å²) in [6, 6.07) is 9.06. The van der Waals surface area contributed by atoms with Crippen molar-refractivity contribution in [2.75, 3.05) is 33.0 Å². The maximum Gasteiger partial charge on any atom is 0.0710 e. The normalized spacial score (nSPS) is 22.3. The van der Waals surface area contributed by atoms with E-state index in [1.165, 1.54) is 10.5 Å². The number of nitrogens with two attached hydrogens (primary N) is 1. The fourth-order valence-corrected chi connectivity index (χ4v) is 2.96. The van der Waals surface area contributed by atoms with Gasteiger partial charge < -0.3 is 10.5 Å². The maximum atomic E-state index is 5.95. The van der Waals surface area contributed by atoms with Gasteiger partial charge in [0.25, 0.3) is 0 Å². The van der Waals surface area contributed by atoms with Crippen molar-refractivity contribution in [1.82, 2.24) is 4.90 Å². The molecule has 1 aromatic rings. The van der Waals surface area contributed by atoms with E-state index in [0.717, 1.165) is 19.5 Å². The summed E-state index contributed by atoms with van der Waals surface area (Å²) >= 11 is 1.77. The quantitative estimate of drug-likeness (QED) is 0.829. The highest BCUT2D eigenvalue weighted by atomic mass is 32.2. The van der Waals surface area contributed by atoms with E-state index in [9.17, 15) is 0 Å². The highest BCUT2D eigenvalue weighted by Crippen LogP contribution is 2.26. The molecule has 18 heavy (non-hydrogen) atoms. The smallest absolute Gasteiger partial charge is 0.0710 e. The van der Waals surface area contributed by atoms with Crippen LogP contribution in [0.1, 0.15) is 18.0 Å². The third-order valence-corrected chi connectivity index (χ3v) is 4.42. The van der Waals surface area contributed by atoms with Gasteiger partial charge in [-0.2, -0.15) is 0 Å². The van der Waals surface area contributed by atoms with Crippen molar-refractivity contribution in [3.05, 3.63) is 29.8 Å². The van der Waals surface area contributed by atoms with Gasteiger partial charge in [-0.25, -0.2) is 0 Å². The summed E-state index contributed by atoms with van der Waals surface area (Å²) in [5.41, 5.74) is 7.27. The molecule has 1 saturated heterocycles. The molecule has 0 spiro atoms. The van der Waals surface area contributed by atoms with Crippen molar-refractivity contribution < 1.29 is 4.74 Å². The molecular formula is C14H22N2OS. The third-order valence-electron chi connectivity index (χ3n) is 3.67. The molecule has 100 valence electrons. The number of thioether (sulfide) groups is 1. The number of hydrogen-bond acceptors (Lipinski definition) is 4. The Morgan fingerprint density at radius 3 is 2.67 bits per heavy atom. The van der Waals surface area contributed by atoms with Crippen molar-refractivity contribution >= 4 is 11.8 Å². The standard InChI is InChI=1S/C14H22N2OS/c1-17-12-7-8-16(10-12)14(9-15)11-3-5-13(18-2)6-4-11/h3-6,12,14H,7-10,15H2,1-2H3. The lowest BCUT2D eigenvalue weighted by Gasteiger charge is -2.27. The van der Waals surface area contributed by atoms with Gasteiger partial charge in [-0.3, -0.25) is 4.90 Å². The molecule has 1 aliphatic heterocycles. The van der Waals surface area contributed by atoms with E-state index in [4.69, 9.17) is 10.5 Å². The molecule has 2 atom stereocenters. The van der Waals surface area contributed by atoms with E-state index < -0.39 is 0 Å². The third kappa shape index (κ3) is 3.06. The summed E-state index contributed by atoms with van der Waals surface area (Å²) < 4.78 is 5.42. The van der Waals surface area contributed by atoms with Gasteiger partial charge >= 0.3 is 0 Å². The molecule has 2 unspecified atom stereocenters. The van der Waals surface area contributed by atoms with Crippen LogP contribution < -0.4 is 5.73 Å². The highest BCUT2D eigenvalue weighted by molar-refractivity contribution is 7.98. The van der Waals surface area contributed by atoms with E-state index in [2.05, 4.69) is 35.4 Å². The molecule has 1 aromatic carbocycles. The first-order valence-electron chi connectivity index (χ1n) is 6.39. The molecule has 1 fully saturated rings. The lowest BCUT2D eigenvalue weighted by atomic mass is 10.1. The average molecular weight is 266 g/mol. The van der Waals surface area contributed by atoms with Gasteiger partial charge in [0.05, 0.1) is 6.10 Å². The van der Waals surface area contributed by atoms with Gasteiger partial charge in [0.15, 0.2) is 0 Å². The molecule has 2 rings (SSSR count). The largest absolute Gasteiger partial charge is 0.380 e. The van der Waals surface area contributed by atoms with Gasteiger partial charge in [-0.1, -0.05) is 12.1 Å². The van der Waals surface area contributed by atoms with Gasteiger partial charge in [0.1, 0.15) is 0 Å². The summed E-state index contributed by atoms with van der Waals surface area (Å²) in [6.07, 6.45) is 3.57. The summed E-state index contributed by atoms with van der Waals surface area (Å²) in [5.74, 6) is 0. The van der Waals surface area contributed by atoms with Gasteiger partial charge in [-0.15, -0.1) is 11.8 Å². The van der Waals surface area contributed by atoms with E-state index >= 15 is 0 Å². The minimum Gasteiger partial charge on any atom is -0.380 e. The highest BCUT2D eigenvalue weighted by Gasteiger charge is 2.28. The van der Waals surface area contributed by atoms with Crippen LogP contribution in [0, 0.1) is 0 Å². The Morgan fingerprint density at radius 1 is 1.44 bits per heavy atom. The second-order valence-electron chi connectivity index (χ2n) is 4.67. The first kappa shape index (κ1) is 13.9. The second kappa shape index (κ2) is 6.57. The van der Waals surface area contributed by atoms with E-state index in [1.54, 1.807) is 18.9 Å². The van der Waals surface area contributed by atoms with Crippen LogP contribution >= 0.6 is 11.8 Å². The maximum absolute atomic E-state index is 5.95. The number of rotatable bonds is 5. The monoisotopic (exact) mass is 266 g/mol. The van der Waals surface area contributed by atoms with Crippen LogP contribution in [0.25, 0.3) is 0 Å². The minimum atomic E-state index is 0.320. The zero-order chi connectivity index (χ0) is 13.0. The molecule has 1 heterocycles. The number of ether oxygens (including phenoxy) is 1. The zero-order valence-electron chi connectivity index (χ0n) is 11.1. The molecule has 1 aliphatic rings. The van der Waals surface area contributed by atoms with E-state index in [0.29, 0.717) is 18.7 Å². The Kier molecular flexibility index (Phi) is 5.06. The molecule has 2 N–H and O–H groups in total. The van der Waals surface area contributed by atoms with Crippen LogP contribution in [0.2, 0.25) is 0 Å². The Morgan fingerprint density at radius 2 is 2.17 bits per heavy atom. The first-order chi connectivity index (χ1) is 8.78. The summed E-state index contributed by atoms with van der Waals surface area (Å²) in [4.78, 5) is 3.73. The van der Waals surface area contributed by atoms with Crippen LogP contribution in [0.3, 0.4) is 0 Å². The minimum absolute atomic E-state index is 0.320. The van der Waals surface area contributed by atoms with Gasteiger partial charge in [-0.05, 0) is 30.4 Å². The number of hydrogen-bond donors (Lipinski definition) is 1. The number of methoxy groups -OCH3 is 1. The van der Waals surface area contributed by atoms with Crippen LogP contribution in [0.5, 0.6) is 0 Å². The van der Waals surface area contributed by atoms with Crippen molar-refractivity contribution in [3.63, 3.8) is 0 Å². The lowest BCUT2D eigenvalue weighted by Crippen LogP contribution is -2.32. The molecule has 4 heteroatoms. The Labute approximate surface area is 114 Å². The van der Waals surface area contributed by atoms with Crippen LogP contribution in [-0.4, -0.2) is 44.0 Å². The molecule has 3 nitrogen and oxygen atoms in total. The van der Waals surface area contributed by atoms with Gasteiger partial charge in [0.2, 0.25) is 0 Å². The lowest BCUT2D eigenvalue weighted by molar-refractivity contribution is 0.101. The topological polar surface area (TPSA) is 38.5 Å². The van der Waals surface area contributed by atoms with Crippen LogP contribution in [-0.2, 0) is 4.74 Å². The van der Waals surface area contributed by atoms with Crippen molar-refractivity contribution in [3.8, 4) is 0 Å². The molecule has 0 saturated carbocycles. The summed E-state index contributed by atoms with van der Waals surface area (Å²) in [5, 5.41) is 0. The van der Waals surface area contributed by atoms with Crippen molar-refractivity contribution in [2.45, 2.75) is 23.5 Å². The second-order valence-corrected chi connectivity index (χ2v) is 5.55. The average Bonchev–Trinajstić information content (AvgIpc) is 2.89. The molecule has 0 aromatic heterocycles. The number of likely N-dealkylation sites (tertiary alicyclic amines) is 1. The molecular weight excluding hydrogens is 244 g/mol. The molecule has 0 bridgehead atoms. The van der Waals surface area contributed by atoms with Crippen molar-refractivity contribution in [2.24, 2.45) is 5.73 Å². The van der Waals surface area contributed by atoms with Crippen molar-refractivity contribution in [1.29, 1.82) is 0 Å². The first-order valence-corrected chi connectivity index (χ1v) is 7.61. The summed E-state index contributed by atoms with van der Waals surface area (Å²) in [7, 11) is 1.79. The molecule has 0 amide bonds. The van der Waals surface area contributed by atoms with Gasteiger partial charge in [0, 0.05) is 37.7 Å². The fraction of sp³-hybridized carbons (Fsp3) is 0.571. The molecule has 0 radical (unpaired) electrons. The Hall–Kier alpha value is -0.550. The molecule has 0 aliphatic carbocycles. The van der Waals surface area contributed by atoms with Crippen LogP contribution in [0.4, 0.5) is 0 Å². The van der Waals surface area contributed by atoms with E-state index in [-0.39, 0.29) is 0 Å². The predicted octanol–water partition coefficient (Wildman–Crippen LogP) is 2.13. The number of benzene rings is 1. The van der Waals surface area contributed by atoms with E-state index in [1.807, 2.05) is 0 Å². The Balaban J connectivity index is 2.08. The number of nitrogens with zero attached hydrogens (tertiary/aromatic N) is 1.